The lowest BCUT2D eigenvalue weighted by molar-refractivity contribution is -0.121. The van der Waals surface area contributed by atoms with Crippen molar-refractivity contribution in [1.82, 2.24) is 9.73 Å². The zero-order valence-corrected chi connectivity index (χ0v) is 16.6. The Bertz CT molecular complexity index is 954. The minimum absolute atomic E-state index is 0.133. The number of amides is 1. The van der Waals surface area contributed by atoms with Crippen molar-refractivity contribution in [2.45, 2.75) is 11.8 Å². The van der Waals surface area contributed by atoms with Gasteiger partial charge in [0.2, 0.25) is 10.0 Å². The van der Waals surface area contributed by atoms with E-state index in [2.05, 4.69) is 17.1 Å². The van der Waals surface area contributed by atoms with Gasteiger partial charge in [0.15, 0.2) is 0 Å². The third-order valence-electron chi connectivity index (χ3n) is 3.72. The van der Waals surface area contributed by atoms with Gasteiger partial charge < -0.3 is 4.74 Å². The molecule has 0 aliphatic carbocycles. The largest absolute Gasteiger partial charge is 0.490 e. The van der Waals surface area contributed by atoms with Crippen LogP contribution in [0.25, 0.3) is 0 Å². The molecule has 2 aromatic rings. The molecule has 8 heteroatoms. The SMILES string of the molecule is C=CCOc1cccc(/C=N/NC(=O)CN(C)S(=O)(=O)c2ccc(C)cc2)c1. The van der Waals surface area contributed by atoms with Crippen LogP contribution in [0.1, 0.15) is 11.1 Å². The van der Waals surface area contributed by atoms with Crippen LogP contribution in [0.15, 0.2) is 71.2 Å². The van der Waals surface area contributed by atoms with Crippen LogP contribution in [0.3, 0.4) is 0 Å². The summed E-state index contributed by atoms with van der Waals surface area (Å²) in [6.45, 7) is 5.49. The number of hydrazone groups is 1. The fraction of sp³-hybridized carbons (Fsp3) is 0.200. The van der Waals surface area contributed by atoms with E-state index >= 15 is 0 Å². The molecule has 0 fully saturated rings. The molecule has 2 rings (SSSR count). The van der Waals surface area contributed by atoms with Gasteiger partial charge in [-0.2, -0.15) is 9.41 Å². The van der Waals surface area contributed by atoms with Crippen LogP contribution in [-0.2, 0) is 14.8 Å². The molecule has 1 N–H and O–H groups in total. The van der Waals surface area contributed by atoms with Gasteiger partial charge in [0.05, 0.1) is 17.7 Å². The van der Waals surface area contributed by atoms with Crippen molar-refractivity contribution in [3.63, 3.8) is 0 Å². The van der Waals surface area contributed by atoms with Crippen LogP contribution in [-0.4, -0.2) is 45.0 Å². The molecule has 28 heavy (non-hydrogen) atoms. The van der Waals surface area contributed by atoms with Gasteiger partial charge in [-0.05, 0) is 36.8 Å². The average Bonchev–Trinajstić information content (AvgIpc) is 2.67. The zero-order valence-electron chi connectivity index (χ0n) is 15.8. The van der Waals surface area contributed by atoms with Gasteiger partial charge in [0, 0.05) is 7.05 Å². The topological polar surface area (TPSA) is 88.1 Å². The van der Waals surface area contributed by atoms with E-state index in [1.54, 1.807) is 42.5 Å². The maximum absolute atomic E-state index is 12.5. The van der Waals surface area contributed by atoms with E-state index in [-0.39, 0.29) is 11.4 Å². The van der Waals surface area contributed by atoms with Gasteiger partial charge in [0.25, 0.3) is 5.91 Å². The summed E-state index contributed by atoms with van der Waals surface area (Å²) in [7, 11) is -2.40. The molecule has 0 radical (unpaired) electrons. The monoisotopic (exact) mass is 401 g/mol. The summed E-state index contributed by atoms with van der Waals surface area (Å²) in [5, 5.41) is 3.86. The Morgan fingerprint density at radius 3 is 2.64 bits per heavy atom. The Morgan fingerprint density at radius 2 is 1.96 bits per heavy atom. The van der Waals surface area contributed by atoms with Crippen molar-refractivity contribution in [3.8, 4) is 5.75 Å². The Morgan fingerprint density at radius 1 is 1.25 bits per heavy atom. The molecule has 0 aliphatic rings. The molecule has 7 nitrogen and oxygen atoms in total. The fourth-order valence-electron chi connectivity index (χ4n) is 2.23. The normalized spacial score (nSPS) is 11.5. The number of hydrogen-bond donors (Lipinski definition) is 1. The number of benzene rings is 2. The number of carbonyl (C=O) groups is 1. The highest BCUT2D eigenvalue weighted by Crippen LogP contribution is 2.15. The fourth-order valence-corrected chi connectivity index (χ4v) is 3.36. The van der Waals surface area contributed by atoms with Gasteiger partial charge in [-0.1, -0.05) is 42.5 Å². The van der Waals surface area contributed by atoms with Crippen molar-refractivity contribution < 1.29 is 17.9 Å². The third kappa shape index (κ3) is 6.04. The van der Waals surface area contributed by atoms with Crippen molar-refractivity contribution in [2.24, 2.45) is 5.10 Å². The van der Waals surface area contributed by atoms with Crippen LogP contribution in [0.2, 0.25) is 0 Å². The number of aryl methyl sites for hydroxylation is 1. The minimum Gasteiger partial charge on any atom is -0.490 e. The Balaban J connectivity index is 1.93. The maximum Gasteiger partial charge on any atom is 0.255 e. The van der Waals surface area contributed by atoms with Crippen LogP contribution >= 0.6 is 0 Å². The maximum atomic E-state index is 12.5. The highest BCUT2D eigenvalue weighted by molar-refractivity contribution is 7.89. The van der Waals surface area contributed by atoms with Crippen molar-refractivity contribution >= 4 is 22.1 Å². The first-order valence-electron chi connectivity index (χ1n) is 8.51. The Hall–Kier alpha value is -2.97. The average molecular weight is 401 g/mol. The number of nitrogens with one attached hydrogen (secondary N) is 1. The van der Waals surface area contributed by atoms with E-state index in [0.29, 0.717) is 12.4 Å². The standard InChI is InChI=1S/C20H23N3O4S/c1-4-12-27-18-7-5-6-17(13-18)14-21-22-20(24)15-23(3)28(25,26)19-10-8-16(2)9-11-19/h4-11,13-14H,1,12,15H2,2-3H3,(H,22,24)/b21-14+. The first kappa shape index (κ1) is 21.3. The smallest absolute Gasteiger partial charge is 0.255 e. The molecule has 0 heterocycles. The summed E-state index contributed by atoms with van der Waals surface area (Å²) in [5.41, 5.74) is 4.00. The third-order valence-corrected chi connectivity index (χ3v) is 5.54. The predicted molar refractivity (Wildman–Crippen MR) is 109 cm³/mol. The first-order chi connectivity index (χ1) is 13.3. The quantitative estimate of drug-likeness (QED) is 0.397. The van der Waals surface area contributed by atoms with Gasteiger partial charge in [0.1, 0.15) is 12.4 Å². The van der Waals surface area contributed by atoms with E-state index in [0.717, 1.165) is 15.4 Å². The van der Waals surface area contributed by atoms with E-state index < -0.39 is 15.9 Å². The van der Waals surface area contributed by atoms with Gasteiger partial charge in [-0.15, -0.1) is 0 Å². The minimum atomic E-state index is -3.75. The molecule has 0 saturated heterocycles. The second-order valence-electron chi connectivity index (χ2n) is 6.04. The summed E-state index contributed by atoms with van der Waals surface area (Å²) in [5.74, 6) is 0.104. The van der Waals surface area contributed by atoms with Crippen LogP contribution in [0.4, 0.5) is 0 Å². The van der Waals surface area contributed by atoms with Crippen molar-refractivity contribution in [3.05, 3.63) is 72.3 Å². The lowest BCUT2D eigenvalue weighted by atomic mass is 10.2. The molecule has 0 unspecified atom stereocenters. The second kappa shape index (κ2) is 9.82. The van der Waals surface area contributed by atoms with E-state index in [4.69, 9.17) is 4.74 Å². The number of carbonyl (C=O) groups excluding carboxylic acids is 1. The van der Waals surface area contributed by atoms with Crippen LogP contribution < -0.4 is 10.2 Å². The predicted octanol–water partition coefficient (Wildman–Crippen LogP) is 2.33. The number of likely N-dealkylation sites (N-methyl/N-ethyl adjacent to an activating group) is 1. The summed E-state index contributed by atoms with van der Waals surface area (Å²) in [6.07, 6.45) is 3.09. The zero-order chi connectivity index (χ0) is 20.6. The summed E-state index contributed by atoms with van der Waals surface area (Å²) < 4.78 is 31.4. The molecule has 0 spiro atoms. The number of rotatable bonds is 9. The molecular weight excluding hydrogens is 378 g/mol. The van der Waals surface area contributed by atoms with Crippen molar-refractivity contribution in [2.75, 3.05) is 20.2 Å². The summed E-state index contributed by atoms with van der Waals surface area (Å²) in [4.78, 5) is 12.1. The Kier molecular flexibility index (Phi) is 7.48. The van der Waals surface area contributed by atoms with E-state index in [9.17, 15) is 13.2 Å². The molecule has 148 valence electrons. The molecule has 0 atom stereocenters. The molecule has 0 aromatic heterocycles. The van der Waals surface area contributed by atoms with E-state index in [1.165, 1.54) is 25.4 Å². The van der Waals surface area contributed by atoms with Crippen molar-refractivity contribution in [1.29, 1.82) is 0 Å². The first-order valence-corrected chi connectivity index (χ1v) is 9.95. The number of nitrogens with zero attached hydrogens (tertiary/aromatic N) is 2. The molecule has 2 aromatic carbocycles. The molecule has 0 aliphatic heterocycles. The van der Waals surface area contributed by atoms with E-state index in [1.807, 2.05) is 6.92 Å². The molecule has 1 amide bonds. The molecule has 0 bridgehead atoms. The van der Waals surface area contributed by atoms with Gasteiger partial charge >= 0.3 is 0 Å². The molecular formula is C20H23N3O4S. The molecule has 0 saturated carbocycles. The second-order valence-corrected chi connectivity index (χ2v) is 8.08. The summed E-state index contributed by atoms with van der Waals surface area (Å²) >= 11 is 0. The van der Waals surface area contributed by atoms with Gasteiger partial charge in [-0.3, -0.25) is 4.79 Å². The number of hydrogen-bond acceptors (Lipinski definition) is 5. The lowest BCUT2D eigenvalue weighted by Crippen LogP contribution is -2.36. The number of sulfonamides is 1. The van der Waals surface area contributed by atoms with Crippen LogP contribution in [0.5, 0.6) is 5.75 Å². The van der Waals surface area contributed by atoms with Crippen LogP contribution in [0, 0.1) is 6.92 Å². The summed E-state index contributed by atoms with van der Waals surface area (Å²) in [6, 6.07) is 13.6. The highest BCUT2D eigenvalue weighted by atomic mass is 32.2. The Labute approximate surface area is 165 Å². The lowest BCUT2D eigenvalue weighted by Gasteiger charge is -2.16. The van der Waals surface area contributed by atoms with Gasteiger partial charge in [-0.25, -0.2) is 13.8 Å². The highest BCUT2D eigenvalue weighted by Gasteiger charge is 2.22. The number of ether oxygens (including phenoxy) is 1.